The van der Waals surface area contributed by atoms with Crippen LogP contribution >= 0.6 is 0 Å². The molecule has 0 saturated heterocycles. The van der Waals surface area contributed by atoms with Crippen LogP contribution < -0.4 is 4.74 Å². The van der Waals surface area contributed by atoms with Crippen LogP contribution in [0.5, 0.6) is 5.75 Å². The summed E-state index contributed by atoms with van der Waals surface area (Å²) >= 11 is 0. The molecule has 1 heterocycles. The van der Waals surface area contributed by atoms with Crippen LogP contribution in [0.3, 0.4) is 0 Å². The Balaban J connectivity index is 1.83. The SMILES string of the molecule is COC1CCC2(CC1)C[C@@H](O)c1cc(C)ccc1O2. The molecule has 1 aromatic carbocycles. The maximum Gasteiger partial charge on any atom is 0.125 e. The van der Waals surface area contributed by atoms with E-state index in [1.165, 1.54) is 5.56 Å². The lowest BCUT2D eigenvalue weighted by Crippen LogP contribution is -2.45. The van der Waals surface area contributed by atoms with E-state index in [9.17, 15) is 5.11 Å². The second-order valence-electron chi connectivity index (χ2n) is 5.98. The van der Waals surface area contributed by atoms with E-state index in [0.717, 1.165) is 37.0 Å². The van der Waals surface area contributed by atoms with Crippen LogP contribution in [0.15, 0.2) is 18.2 Å². The Morgan fingerprint density at radius 3 is 2.74 bits per heavy atom. The normalized spacial score (nSPS) is 33.8. The molecule has 1 aliphatic heterocycles. The molecule has 3 heteroatoms. The third-order valence-corrected chi connectivity index (χ3v) is 4.59. The van der Waals surface area contributed by atoms with Gasteiger partial charge in [0.25, 0.3) is 0 Å². The van der Waals surface area contributed by atoms with Gasteiger partial charge in [0.15, 0.2) is 0 Å². The molecule has 3 rings (SSSR count). The second kappa shape index (κ2) is 4.80. The molecule has 0 bridgehead atoms. The Kier molecular flexibility index (Phi) is 3.27. The summed E-state index contributed by atoms with van der Waals surface area (Å²) in [5.74, 6) is 0.861. The van der Waals surface area contributed by atoms with Gasteiger partial charge in [-0.25, -0.2) is 0 Å². The molecule has 3 nitrogen and oxygen atoms in total. The molecule has 1 aromatic rings. The van der Waals surface area contributed by atoms with Gasteiger partial charge < -0.3 is 14.6 Å². The molecule has 1 fully saturated rings. The third-order valence-electron chi connectivity index (χ3n) is 4.59. The van der Waals surface area contributed by atoms with Crippen molar-refractivity contribution in [3.05, 3.63) is 29.3 Å². The van der Waals surface area contributed by atoms with Crippen molar-refractivity contribution in [2.24, 2.45) is 0 Å². The summed E-state index contributed by atoms with van der Waals surface area (Å²) in [5, 5.41) is 10.4. The number of fused-ring (bicyclic) bond motifs is 1. The molecule has 0 amide bonds. The Morgan fingerprint density at radius 1 is 1.32 bits per heavy atom. The predicted octanol–water partition coefficient (Wildman–Crippen LogP) is 3.14. The maximum atomic E-state index is 10.4. The van der Waals surface area contributed by atoms with Crippen molar-refractivity contribution in [2.45, 2.75) is 56.8 Å². The fourth-order valence-corrected chi connectivity index (χ4v) is 3.42. The average Bonchev–Trinajstić information content (AvgIpc) is 2.41. The molecule has 1 spiro atoms. The van der Waals surface area contributed by atoms with Crippen molar-refractivity contribution < 1.29 is 14.6 Å². The van der Waals surface area contributed by atoms with Crippen LogP contribution in [-0.2, 0) is 4.74 Å². The Morgan fingerprint density at radius 2 is 2.05 bits per heavy atom. The van der Waals surface area contributed by atoms with E-state index >= 15 is 0 Å². The minimum Gasteiger partial charge on any atom is -0.487 e. The van der Waals surface area contributed by atoms with Gasteiger partial charge in [0.05, 0.1) is 12.2 Å². The van der Waals surface area contributed by atoms with Gasteiger partial charge in [-0.15, -0.1) is 0 Å². The van der Waals surface area contributed by atoms with Crippen LogP contribution in [-0.4, -0.2) is 23.9 Å². The lowest BCUT2D eigenvalue weighted by Gasteiger charge is -2.44. The molecule has 0 radical (unpaired) electrons. The van der Waals surface area contributed by atoms with E-state index in [0.29, 0.717) is 12.5 Å². The van der Waals surface area contributed by atoms with Crippen molar-refractivity contribution in [1.82, 2.24) is 0 Å². The van der Waals surface area contributed by atoms with Crippen molar-refractivity contribution in [3.63, 3.8) is 0 Å². The first-order valence-corrected chi connectivity index (χ1v) is 7.12. The first-order chi connectivity index (χ1) is 9.12. The van der Waals surface area contributed by atoms with Crippen molar-refractivity contribution in [3.8, 4) is 5.75 Å². The van der Waals surface area contributed by atoms with Gasteiger partial charge in [-0.1, -0.05) is 11.6 Å². The molecule has 0 aromatic heterocycles. The monoisotopic (exact) mass is 262 g/mol. The molecular weight excluding hydrogens is 240 g/mol. The van der Waals surface area contributed by atoms with Crippen molar-refractivity contribution >= 4 is 0 Å². The van der Waals surface area contributed by atoms with E-state index in [1.54, 1.807) is 7.11 Å². The fourth-order valence-electron chi connectivity index (χ4n) is 3.42. The topological polar surface area (TPSA) is 38.7 Å². The quantitative estimate of drug-likeness (QED) is 0.845. The van der Waals surface area contributed by atoms with Crippen LogP contribution in [0, 0.1) is 6.92 Å². The molecule has 2 aliphatic rings. The smallest absolute Gasteiger partial charge is 0.125 e. The zero-order valence-corrected chi connectivity index (χ0v) is 11.7. The zero-order chi connectivity index (χ0) is 13.5. The van der Waals surface area contributed by atoms with Gasteiger partial charge in [-0.3, -0.25) is 0 Å². The Hall–Kier alpha value is -1.06. The number of aliphatic hydroxyl groups excluding tert-OH is 1. The molecular formula is C16H22O3. The summed E-state index contributed by atoms with van der Waals surface area (Å²) in [6, 6.07) is 6.08. The standard InChI is InChI=1S/C16H22O3/c1-11-3-4-15-13(9-11)14(17)10-16(19-15)7-5-12(18-2)6-8-16/h3-4,9,12,14,17H,5-8,10H2,1-2H3/t12?,14-,16?/m1/s1. The van der Waals surface area contributed by atoms with E-state index in [1.807, 2.05) is 25.1 Å². The second-order valence-corrected chi connectivity index (χ2v) is 5.98. The number of aliphatic hydroxyl groups is 1. The molecule has 1 atom stereocenters. The number of aryl methyl sites for hydroxylation is 1. The van der Waals surface area contributed by atoms with E-state index < -0.39 is 6.10 Å². The lowest BCUT2D eigenvalue weighted by molar-refractivity contribution is -0.0672. The number of rotatable bonds is 1. The van der Waals surface area contributed by atoms with Gasteiger partial charge in [0, 0.05) is 19.1 Å². The number of hydrogen-bond acceptors (Lipinski definition) is 3. The van der Waals surface area contributed by atoms with Crippen LogP contribution in [0.25, 0.3) is 0 Å². The maximum absolute atomic E-state index is 10.4. The summed E-state index contributed by atoms with van der Waals surface area (Å²) in [7, 11) is 1.78. The molecule has 1 saturated carbocycles. The van der Waals surface area contributed by atoms with E-state index in [2.05, 4.69) is 0 Å². The van der Waals surface area contributed by atoms with Crippen LogP contribution in [0.4, 0.5) is 0 Å². The summed E-state index contributed by atoms with van der Waals surface area (Å²) in [6.45, 7) is 2.04. The predicted molar refractivity (Wildman–Crippen MR) is 73.4 cm³/mol. The van der Waals surface area contributed by atoms with Crippen LogP contribution in [0.2, 0.25) is 0 Å². The molecule has 104 valence electrons. The van der Waals surface area contributed by atoms with E-state index in [-0.39, 0.29) is 5.60 Å². The third kappa shape index (κ3) is 2.37. The van der Waals surface area contributed by atoms with Crippen molar-refractivity contribution in [2.75, 3.05) is 7.11 Å². The molecule has 19 heavy (non-hydrogen) atoms. The van der Waals surface area contributed by atoms with Gasteiger partial charge in [-0.2, -0.15) is 0 Å². The minimum atomic E-state index is -0.400. The summed E-state index contributed by atoms with van der Waals surface area (Å²) in [4.78, 5) is 0. The van der Waals surface area contributed by atoms with Crippen molar-refractivity contribution in [1.29, 1.82) is 0 Å². The van der Waals surface area contributed by atoms with Gasteiger partial charge in [0.1, 0.15) is 11.4 Å². The highest BCUT2D eigenvalue weighted by Crippen LogP contribution is 2.46. The summed E-state index contributed by atoms with van der Waals surface area (Å²) in [5.41, 5.74) is 1.93. The first kappa shape index (κ1) is 12.9. The zero-order valence-electron chi connectivity index (χ0n) is 11.7. The minimum absolute atomic E-state index is 0.184. The van der Waals surface area contributed by atoms with E-state index in [4.69, 9.17) is 9.47 Å². The number of benzene rings is 1. The largest absolute Gasteiger partial charge is 0.487 e. The first-order valence-electron chi connectivity index (χ1n) is 7.12. The number of hydrogen-bond donors (Lipinski definition) is 1. The van der Waals surface area contributed by atoms with Gasteiger partial charge in [0.2, 0.25) is 0 Å². The van der Waals surface area contributed by atoms with Gasteiger partial charge >= 0.3 is 0 Å². The highest BCUT2D eigenvalue weighted by Gasteiger charge is 2.43. The summed E-state index contributed by atoms with van der Waals surface area (Å²) in [6.07, 6.45) is 4.63. The van der Waals surface area contributed by atoms with Gasteiger partial charge in [-0.05, 0) is 44.7 Å². The molecule has 1 N–H and O–H groups in total. The lowest BCUT2D eigenvalue weighted by atomic mass is 9.77. The fraction of sp³-hybridized carbons (Fsp3) is 0.625. The number of ether oxygens (including phenoxy) is 2. The summed E-state index contributed by atoms with van der Waals surface area (Å²) < 4.78 is 11.7. The Bertz CT molecular complexity index is 461. The number of methoxy groups -OCH3 is 1. The van der Waals surface area contributed by atoms with Crippen LogP contribution in [0.1, 0.15) is 49.3 Å². The average molecular weight is 262 g/mol. The highest BCUT2D eigenvalue weighted by atomic mass is 16.5. The molecule has 1 aliphatic carbocycles. The Labute approximate surface area is 114 Å². The highest BCUT2D eigenvalue weighted by molar-refractivity contribution is 5.41. The molecule has 0 unspecified atom stereocenters.